The first-order chi connectivity index (χ1) is 10.0. The molecule has 2 aromatic carbocycles. The van der Waals surface area contributed by atoms with Crippen LogP contribution < -0.4 is 0 Å². The number of methoxy groups -OCH3 is 1. The lowest BCUT2D eigenvalue weighted by Gasteiger charge is -2.06. The van der Waals surface area contributed by atoms with E-state index in [0.29, 0.717) is 10.6 Å². The molecule has 0 spiro atoms. The van der Waals surface area contributed by atoms with Gasteiger partial charge >= 0.3 is 11.9 Å². The van der Waals surface area contributed by atoms with Gasteiger partial charge in [-0.2, -0.15) is 0 Å². The van der Waals surface area contributed by atoms with Gasteiger partial charge in [-0.25, -0.2) is 9.59 Å². The maximum atomic E-state index is 11.6. The van der Waals surface area contributed by atoms with Gasteiger partial charge < -0.3 is 9.84 Å². The van der Waals surface area contributed by atoms with Crippen LogP contribution in [0.25, 0.3) is 0 Å². The zero-order valence-corrected chi connectivity index (χ0v) is 12.6. The molecule has 4 nitrogen and oxygen atoms in total. The fraction of sp³-hybridized carbons (Fsp3) is 0.0667. The molecular formula is C15H11ClO4S. The zero-order valence-electron chi connectivity index (χ0n) is 11.0. The first kappa shape index (κ1) is 15.4. The lowest BCUT2D eigenvalue weighted by molar-refractivity contribution is 0.0599. The highest BCUT2D eigenvalue weighted by Crippen LogP contribution is 2.31. The molecule has 0 aliphatic rings. The minimum Gasteiger partial charge on any atom is -0.478 e. The average Bonchev–Trinajstić information content (AvgIpc) is 2.49. The van der Waals surface area contributed by atoms with Crippen molar-refractivity contribution in [2.24, 2.45) is 0 Å². The van der Waals surface area contributed by atoms with Crippen LogP contribution in [0.2, 0.25) is 5.02 Å². The van der Waals surface area contributed by atoms with E-state index in [2.05, 4.69) is 4.74 Å². The molecule has 21 heavy (non-hydrogen) atoms. The molecular weight excluding hydrogens is 312 g/mol. The number of benzene rings is 2. The summed E-state index contributed by atoms with van der Waals surface area (Å²) in [6.07, 6.45) is 0. The number of esters is 1. The van der Waals surface area contributed by atoms with Crippen molar-refractivity contribution in [3.8, 4) is 0 Å². The predicted molar refractivity (Wildman–Crippen MR) is 80.3 cm³/mol. The number of hydrogen-bond donors (Lipinski definition) is 1. The fourth-order valence-corrected chi connectivity index (χ4v) is 2.69. The van der Waals surface area contributed by atoms with Crippen molar-refractivity contribution in [1.29, 1.82) is 0 Å². The summed E-state index contributed by atoms with van der Waals surface area (Å²) < 4.78 is 4.67. The Labute approximate surface area is 130 Å². The average molecular weight is 323 g/mol. The molecule has 1 N–H and O–H groups in total. The Morgan fingerprint density at radius 1 is 1.10 bits per heavy atom. The molecule has 0 fully saturated rings. The number of carbonyl (C=O) groups is 2. The summed E-state index contributed by atoms with van der Waals surface area (Å²) in [4.78, 5) is 24.0. The van der Waals surface area contributed by atoms with Gasteiger partial charge in [0.15, 0.2) is 0 Å². The molecule has 0 aromatic heterocycles. The second-order valence-electron chi connectivity index (χ2n) is 4.06. The smallest absolute Gasteiger partial charge is 0.339 e. The maximum absolute atomic E-state index is 11.6. The van der Waals surface area contributed by atoms with Crippen LogP contribution in [-0.4, -0.2) is 24.2 Å². The summed E-state index contributed by atoms with van der Waals surface area (Å²) in [7, 11) is 1.29. The van der Waals surface area contributed by atoms with Crippen molar-refractivity contribution in [2.75, 3.05) is 7.11 Å². The Morgan fingerprint density at radius 3 is 2.29 bits per heavy atom. The summed E-state index contributed by atoms with van der Waals surface area (Å²) >= 11 is 7.35. The molecule has 0 unspecified atom stereocenters. The standard InChI is InChI=1S/C15H11ClO4S/c1-20-15(19)12-8-11(6-7-13(12)16)21-10-4-2-9(3-5-10)14(17)18/h2-8H,1H3,(H,17,18). The van der Waals surface area contributed by atoms with Crippen molar-refractivity contribution >= 4 is 35.3 Å². The van der Waals surface area contributed by atoms with Crippen molar-refractivity contribution in [1.82, 2.24) is 0 Å². The predicted octanol–water partition coefficient (Wildman–Crippen LogP) is 3.98. The van der Waals surface area contributed by atoms with Gasteiger partial charge in [-0.15, -0.1) is 0 Å². The molecule has 108 valence electrons. The lowest BCUT2D eigenvalue weighted by atomic mass is 10.2. The molecule has 0 saturated carbocycles. The number of aromatic carboxylic acids is 1. The molecule has 0 aliphatic carbocycles. The van der Waals surface area contributed by atoms with Crippen LogP contribution in [0, 0.1) is 0 Å². The number of carbonyl (C=O) groups excluding carboxylic acids is 1. The van der Waals surface area contributed by atoms with Crippen LogP contribution in [0.3, 0.4) is 0 Å². The van der Waals surface area contributed by atoms with Crippen molar-refractivity contribution in [3.63, 3.8) is 0 Å². The van der Waals surface area contributed by atoms with Crippen molar-refractivity contribution in [2.45, 2.75) is 9.79 Å². The van der Waals surface area contributed by atoms with Crippen LogP contribution in [-0.2, 0) is 4.74 Å². The monoisotopic (exact) mass is 322 g/mol. The lowest BCUT2D eigenvalue weighted by Crippen LogP contribution is -2.02. The van der Waals surface area contributed by atoms with Gasteiger partial charge in [0.1, 0.15) is 0 Å². The first-order valence-corrected chi connectivity index (χ1v) is 7.10. The van der Waals surface area contributed by atoms with Gasteiger partial charge in [-0.3, -0.25) is 0 Å². The van der Waals surface area contributed by atoms with E-state index in [9.17, 15) is 9.59 Å². The van der Waals surface area contributed by atoms with E-state index >= 15 is 0 Å². The fourth-order valence-electron chi connectivity index (χ4n) is 1.64. The highest BCUT2D eigenvalue weighted by Gasteiger charge is 2.12. The number of hydrogen-bond acceptors (Lipinski definition) is 4. The second kappa shape index (κ2) is 6.65. The van der Waals surface area contributed by atoms with E-state index < -0.39 is 11.9 Å². The number of carboxylic acids is 1. The van der Waals surface area contributed by atoms with E-state index in [4.69, 9.17) is 16.7 Å². The van der Waals surface area contributed by atoms with Crippen LogP contribution in [0.15, 0.2) is 52.3 Å². The molecule has 0 atom stereocenters. The van der Waals surface area contributed by atoms with E-state index in [1.165, 1.54) is 31.0 Å². The molecule has 2 rings (SSSR count). The number of ether oxygens (including phenoxy) is 1. The molecule has 0 radical (unpaired) electrons. The SMILES string of the molecule is COC(=O)c1cc(Sc2ccc(C(=O)O)cc2)ccc1Cl. The summed E-state index contributed by atoms with van der Waals surface area (Å²) in [6, 6.07) is 11.5. The van der Waals surface area contributed by atoms with Crippen LogP contribution in [0.4, 0.5) is 0 Å². The third kappa shape index (κ3) is 3.77. The Morgan fingerprint density at radius 2 is 1.71 bits per heavy atom. The summed E-state index contributed by atoms with van der Waals surface area (Å²) in [5, 5.41) is 9.17. The van der Waals surface area contributed by atoms with Crippen molar-refractivity contribution in [3.05, 3.63) is 58.6 Å². The Kier molecular flexibility index (Phi) is 4.88. The molecule has 0 heterocycles. The third-order valence-electron chi connectivity index (χ3n) is 2.68. The second-order valence-corrected chi connectivity index (χ2v) is 5.62. The Bertz CT molecular complexity index is 683. The van der Waals surface area contributed by atoms with Gasteiger partial charge in [0.2, 0.25) is 0 Å². The van der Waals surface area contributed by atoms with Crippen LogP contribution in [0.1, 0.15) is 20.7 Å². The summed E-state index contributed by atoms with van der Waals surface area (Å²) in [5.41, 5.74) is 0.525. The number of rotatable bonds is 4. The number of carboxylic acid groups (broad SMARTS) is 1. The Hall–Kier alpha value is -1.98. The quantitative estimate of drug-likeness (QED) is 0.863. The first-order valence-electron chi connectivity index (χ1n) is 5.90. The molecule has 2 aromatic rings. The van der Waals surface area contributed by atoms with E-state index in [1.54, 1.807) is 30.3 Å². The minimum atomic E-state index is -0.967. The zero-order chi connectivity index (χ0) is 15.4. The van der Waals surface area contributed by atoms with E-state index in [0.717, 1.165) is 9.79 Å². The topological polar surface area (TPSA) is 63.6 Å². The third-order valence-corrected chi connectivity index (χ3v) is 4.01. The van der Waals surface area contributed by atoms with E-state index in [1.807, 2.05) is 0 Å². The van der Waals surface area contributed by atoms with Crippen LogP contribution in [0.5, 0.6) is 0 Å². The van der Waals surface area contributed by atoms with Gasteiger partial charge in [0.05, 0.1) is 23.3 Å². The normalized spacial score (nSPS) is 10.2. The highest BCUT2D eigenvalue weighted by atomic mass is 35.5. The largest absolute Gasteiger partial charge is 0.478 e. The van der Waals surface area contributed by atoms with Crippen LogP contribution >= 0.6 is 23.4 Å². The summed E-state index contributed by atoms with van der Waals surface area (Å²) in [6.45, 7) is 0. The van der Waals surface area contributed by atoms with Gasteiger partial charge in [0.25, 0.3) is 0 Å². The molecule has 6 heteroatoms. The van der Waals surface area contributed by atoms with Gasteiger partial charge in [-0.1, -0.05) is 23.4 Å². The number of halogens is 1. The molecule has 0 amide bonds. The van der Waals surface area contributed by atoms with E-state index in [-0.39, 0.29) is 5.56 Å². The minimum absolute atomic E-state index is 0.228. The maximum Gasteiger partial charge on any atom is 0.339 e. The Balaban J connectivity index is 2.23. The highest BCUT2D eigenvalue weighted by molar-refractivity contribution is 7.99. The van der Waals surface area contributed by atoms with Gasteiger partial charge in [0, 0.05) is 9.79 Å². The molecule has 0 aliphatic heterocycles. The summed E-state index contributed by atoms with van der Waals surface area (Å²) in [5.74, 6) is -1.46. The van der Waals surface area contributed by atoms with Crippen molar-refractivity contribution < 1.29 is 19.4 Å². The molecule has 0 bridgehead atoms. The molecule has 0 saturated heterocycles. The van der Waals surface area contributed by atoms with Gasteiger partial charge in [-0.05, 0) is 42.5 Å².